The van der Waals surface area contributed by atoms with Crippen LogP contribution < -0.4 is 16.6 Å². The Hall–Kier alpha value is -2.91. The monoisotopic (exact) mass is 290 g/mol. The molecule has 10 heteroatoms. The normalized spacial score (nSPS) is 12.7. The molecule has 21 heavy (non-hydrogen) atoms. The number of anilines is 1. The summed E-state index contributed by atoms with van der Waals surface area (Å²) in [5.41, 5.74) is -0.267. The molecule has 3 rings (SSSR count). The van der Waals surface area contributed by atoms with Gasteiger partial charge in [-0.2, -0.15) is 10.1 Å². The van der Waals surface area contributed by atoms with Crippen molar-refractivity contribution in [2.75, 3.05) is 5.32 Å². The van der Waals surface area contributed by atoms with Crippen LogP contribution >= 0.6 is 0 Å². The van der Waals surface area contributed by atoms with E-state index in [2.05, 4.69) is 30.5 Å². The molecular formula is C11H14N8O2. The number of fused-ring (bicyclic) bond motifs is 1. The second-order valence-electron chi connectivity index (χ2n) is 4.73. The van der Waals surface area contributed by atoms with Gasteiger partial charge < -0.3 is 10.3 Å². The third-order valence-electron chi connectivity index (χ3n) is 3.29. The van der Waals surface area contributed by atoms with Crippen LogP contribution in [0.15, 0.2) is 15.9 Å². The topological polar surface area (TPSA) is 126 Å². The van der Waals surface area contributed by atoms with E-state index in [1.165, 1.54) is 17.9 Å². The van der Waals surface area contributed by atoms with Gasteiger partial charge in [-0.3, -0.25) is 19.0 Å². The molecule has 0 radical (unpaired) electrons. The van der Waals surface area contributed by atoms with Gasteiger partial charge in [0.15, 0.2) is 11.2 Å². The highest BCUT2D eigenvalue weighted by Gasteiger charge is 2.15. The lowest BCUT2D eigenvalue weighted by Gasteiger charge is -2.08. The second-order valence-corrected chi connectivity index (χ2v) is 4.73. The fraction of sp³-hybridized carbons (Fsp3) is 0.364. The fourth-order valence-electron chi connectivity index (χ4n) is 2.09. The number of hydrogen-bond acceptors (Lipinski definition) is 6. The molecule has 3 aromatic heterocycles. The summed E-state index contributed by atoms with van der Waals surface area (Å²) in [6.07, 6.45) is 1.41. The minimum absolute atomic E-state index is 0.186. The van der Waals surface area contributed by atoms with Crippen LogP contribution in [0, 0.1) is 0 Å². The minimum atomic E-state index is -0.422. The largest absolute Gasteiger partial charge is 0.346 e. The average molecular weight is 290 g/mol. The molecule has 0 fully saturated rings. The van der Waals surface area contributed by atoms with Crippen LogP contribution in [0.3, 0.4) is 0 Å². The predicted octanol–water partition coefficient (Wildman–Crippen LogP) is -0.748. The van der Waals surface area contributed by atoms with E-state index >= 15 is 0 Å². The van der Waals surface area contributed by atoms with Crippen LogP contribution in [0.5, 0.6) is 0 Å². The molecule has 0 aliphatic heterocycles. The Labute approximate surface area is 117 Å². The fourth-order valence-corrected chi connectivity index (χ4v) is 2.09. The lowest BCUT2D eigenvalue weighted by Crippen LogP contribution is -2.36. The van der Waals surface area contributed by atoms with Crippen molar-refractivity contribution in [1.82, 2.24) is 34.3 Å². The van der Waals surface area contributed by atoms with Crippen molar-refractivity contribution in [1.29, 1.82) is 0 Å². The molecule has 0 aromatic carbocycles. The first-order valence-electron chi connectivity index (χ1n) is 6.26. The Balaban J connectivity index is 2.06. The molecule has 0 aliphatic carbocycles. The van der Waals surface area contributed by atoms with Gasteiger partial charge in [-0.05, 0) is 6.92 Å². The molecule has 10 nitrogen and oxygen atoms in total. The van der Waals surface area contributed by atoms with Crippen LogP contribution in [0.1, 0.15) is 18.8 Å². The second kappa shape index (κ2) is 4.58. The highest BCUT2D eigenvalue weighted by molar-refractivity contribution is 5.72. The third kappa shape index (κ3) is 2.00. The number of imidazole rings is 1. The molecule has 0 aliphatic rings. The number of nitrogens with zero attached hydrogens (tertiary/aromatic N) is 5. The number of aromatic nitrogens is 7. The molecule has 0 amide bonds. The number of aromatic amines is 2. The van der Waals surface area contributed by atoms with Gasteiger partial charge in [-0.1, -0.05) is 0 Å². The first-order chi connectivity index (χ1) is 9.99. The zero-order valence-corrected chi connectivity index (χ0v) is 11.7. The molecule has 0 spiro atoms. The summed E-state index contributed by atoms with van der Waals surface area (Å²) >= 11 is 0. The molecule has 0 bridgehead atoms. The molecule has 1 unspecified atom stereocenters. The summed E-state index contributed by atoms with van der Waals surface area (Å²) in [6.45, 7) is 1.87. The molecule has 0 saturated heterocycles. The van der Waals surface area contributed by atoms with Gasteiger partial charge in [-0.25, -0.2) is 9.78 Å². The van der Waals surface area contributed by atoms with Crippen LogP contribution in [-0.2, 0) is 14.1 Å². The highest BCUT2D eigenvalue weighted by Crippen LogP contribution is 2.14. The average Bonchev–Trinajstić information content (AvgIpc) is 3.12. The van der Waals surface area contributed by atoms with E-state index in [0.29, 0.717) is 17.4 Å². The highest BCUT2D eigenvalue weighted by atomic mass is 16.2. The summed E-state index contributed by atoms with van der Waals surface area (Å²) in [5.74, 6) is 1.02. The van der Waals surface area contributed by atoms with Gasteiger partial charge >= 0.3 is 5.69 Å². The number of nitrogens with one attached hydrogen (secondary N) is 3. The Morgan fingerprint density at radius 1 is 1.29 bits per heavy atom. The first kappa shape index (κ1) is 13.1. The van der Waals surface area contributed by atoms with Crippen LogP contribution in [0.2, 0.25) is 0 Å². The number of H-pyrrole nitrogens is 2. The zero-order chi connectivity index (χ0) is 15.1. The van der Waals surface area contributed by atoms with Gasteiger partial charge in [-0.15, -0.1) is 0 Å². The van der Waals surface area contributed by atoms with E-state index in [-0.39, 0.29) is 11.6 Å². The van der Waals surface area contributed by atoms with Crippen molar-refractivity contribution in [3.05, 3.63) is 33.0 Å². The van der Waals surface area contributed by atoms with Crippen molar-refractivity contribution < 1.29 is 0 Å². The SMILES string of the molecule is CC(Nc1nc2c([nH]1)c(=O)n(C)c(=O)n2C)c1ncn[nH]1. The number of aryl methyl sites for hydroxylation is 1. The summed E-state index contributed by atoms with van der Waals surface area (Å²) < 4.78 is 2.35. The van der Waals surface area contributed by atoms with Gasteiger partial charge in [0.2, 0.25) is 5.95 Å². The van der Waals surface area contributed by atoms with Crippen molar-refractivity contribution in [2.45, 2.75) is 13.0 Å². The van der Waals surface area contributed by atoms with Crippen molar-refractivity contribution in [2.24, 2.45) is 14.1 Å². The van der Waals surface area contributed by atoms with Crippen molar-refractivity contribution >= 4 is 17.1 Å². The maximum absolute atomic E-state index is 12.1. The van der Waals surface area contributed by atoms with Crippen LogP contribution in [0.4, 0.5) is 5.95 Å². The molecule has 3 heterocycles. The molecule has 1 atom stereocenters. The van der Waals surface area contributed by atoms with Crippen LogP contribution in [-0.4, -0.2) is 34.3 Å². The van der Waals surface area contributed by atoms with Gasteiger partial charge in [0, 0.05) is 14.1 Å². The number of rotatable bonds is 3. The first-order valence-corrected chi connectivity index (χ1v) is 6.26. The number of hydrogen-bond donors (Lipinski definition) is 3. The molecule has 0 saturated carbocycles. The smallest absolute Gasteiger partial charge is 0.332 e. The van der Waals surface area contributed by atoms with E-state index in [4.69, 9.17) is 0 Å². The van der Waals surface area contributed by atoms with E-state index in [1.807, 2.05) is 6.92 Å². The Morgan fingerprint density at radius 2 is 2.05 bits per heavy atom. The molecule has 110 valence electrons. The maximum Gasteiger partial charge on any atom is 0.332 e. The summed E-state index contributed by atoms with van der Waals surface area (Å²) in [4.78, 5) is 35.1. The third-order valence-corrected chi connectivity index (χ3v) is 3.29. The van der Waals surface area contributed by atoms with Gasteiger partial charge in [0.05, 0.1) is 6.04 Å². The van der Waals surface area contributed by atoms with Crippen molar-refractivity contribution in [3.63, 3.8) is 0 Å². The van der Waals surface area contributed by atoms with E-state index < -0.39 is 11.2 Å². The Morgan fingerprint density at radius 3 is 2.71 bits per heavy atom. The molecular weight excluding hydrogens is 276 g/mol. The van der Waals surface area contributed by atoms with E-state index in [0.717, 1.165) is 4.57 Å². The van der Waals surface area contributed by atoms with Gasteiger partial charge in [0.25, 0.3) is 5.56 Å². The zero-order valence-electron chi connectivity index (χ0n) is 11.7. The van der Waals surface area contributed by atoms with Crippen molar-refractivity contribution in [3.8, 4) is 0 Å². The maximum atomic E-state index is 12.1. The van der Waals surface area contributed by atoms with Gasteiger partial charge in [0.1, 0.15) is 12.2 Å². The summed E-state index contributed by atoms with van der Waals surface area (Å²) in [7, 11) is 2.99. The quantitative estimate of drug-likeness (QED) is 0.582. The lowest BCUT2D eigenvalue weighted by molar-refractivity contribution is 0.708. The molecule has 3 N–H and O–H groups in total. The molecule has 3 aromatic rings. The summed E-state index contributed by atoms with van der Waals surface area (Å²) in [5, 5.41) is 9.58. The van der Waals surface area contributed by atoms with Crippen LogP contribution in [0.25, 0.3) is 11.2 Å². The van der Waals surface area contributed by atoms with E-state index in [9.17, 15) is 9.59 Å². The minimum Gasteiger partial charge on any atom is -0.346 e. The standard InChI is InChI=1S/C11H14N8O2/c1-5(7-12-4-13-17-7)14-10-15-6-8(16-10)18(2)11(21)19(3)9(6)20/h4-5H,1-3H3,(H,12,13,17)(H2,14,15,16). The lowest BCUT2D eigenvalue weighted by atomic mass is 10.3. The summed E-state index contributed by atoms with van der Waals surface area (Å²) in [6, 6.07) is -0.186. The van der Waals surface area contributed by atoms with E-state index in [1.54, 1.807) is 7.05 Å². The predicted molar refractivity (Wildman–Crippen MR) is 75.0 cm³/mol. The Bertz CT molecular complexity index is 901. The Kier molecular flexibility index (Phi) is 2.85.